The molecule has 0 aliphatic rings. The molecule has 0 bridgehead atoms. The Hall–Kier alpha value is -1.52. The van der Waals surface area contributed by atoms with Crippen molar-refractivity contribution in [2.75, 3.05) is 6.61 Å². The summed E-state index contributed by atoms with van der Waals surface area (Å²) in [4.78, 5) is -0.502. The van der Waals surface area contributed by atoms with Crippen molar-refractivity contribution in [2.45, 2.75) is 22.8 Å². The zero-order valence-corrected chi connectivity index (χ0v) is 14.6. The van der Waals surface area contributed by atoms with Gasteiger partial charge < -0.3 is 9.29 Å². The van der Waals surface area contributed by atoms with Gasteiger partial charge >= 0.3 is 5.25 Å². The topological polar surface area (TPSA) is 75.6 Å². The van der Waals surface area contributed by atoms with E-state index in [2.05, 4.69) is 0 Å². The number of rotatable bonds is 9. The minimum atomic E-state index is -4.96. The SMILES string of the molecule is O=S(=O)(c1ccccc1)C(F)(F)C(COCc1ccccc1)NSO. The van der Waals surface area contributed by atoms with Crippen molar-refractivity contribution < 1.29 is 26.5 Å². The van der Waals surface area contributed by atoms with E-state index in [0.29, 0.717) is 0 Å². The lowest BCUT2D eigenvalue weighted by atomic mass is 10.2. The molecule has 0 fully saturated rings. The maximum Gasteiger partial charge on any atom is 0.368 e. The summed E-state index contributed by atoms with van der Waals surface area (Å²) in [6.45, 7) is -0.571. The van der Waals surface area contributed by atoms with Crippen LogP contribution in [0.2, 0.25) is 0 Å². The Morgan fingerprint density at radius 2 is 1.64 bits per heavy atom. The summed E-state index contributed by atoms with van der Waals surface area (Å²) >= 11 is -0.0803. The van der Waals surface area contributed by atoms with Gasteiger partial charge in [-0.2, -0.15) is 8.78 Å². The zero-order chi connectivity index (χ0) is 18.3. The minimum Gasteiger partial charge on any atom is -0.375 e. The van der Waals surface area contributed by atoms with E-state index in [1.807, 2.05) is 4.72 Å². The van der Waals surface area contributed by atoms with Crippen molar-refractivity contribution in [3.8, 4) is 0 Å². The molecule has 0 heterocycles. The van der Waals surface area contributed by atoms with Crippen molar-refractivity contribution >= 4 is 22.1 Å². The molecule has 2 rings (SSSR count). The standard InChI is InChI=1S/C16H17F2NO4S2/c17-16(18,25(21,22)14-9-5-2-6-10-14)15(19-24-20)12-23-11-13-7-3-1-4-8-13/h1-10,15,19-20H,11-12H2. The lowest BCUT2D eigenvalue weighted by Crippen LogP contribution is -2.50. The van der Waals surface area contributed by atoms with E-state index >= 15 is 0 Å². The van der Waals surface area contributed by atoms with E-state index in [1.165, 1.54) is 18.2 Å². The molecule has 25 heavy (non-hydrogen) atoms. The average molecular weight is 389 g/mol. The van der Waals surface area contributed by atoms with Crippen LogP contribution in [0.1, 0.15) is 5.56 Å². The molecule has 0 radical (unpaired) electrons. The summed E-state index contributed by atoms with van der Waals surface area (Å²) < 4.78 is 69.9. The van der Waals surface area contributed by atoms with Crippen LogP contribution in [0, 0.1) is 0 Å². The van der Waals surface area contributed by atoms with E-state index < -0.39 is 32.6 Å². The molecule has 0 aromatic heterocycles. The molecular formula is C16H17F2NO4S2. The maximum absolute atomic E-state index is 14.6. The number of hydrogen-bond acceptors (Lipinski definition) is 6. The highest BCUT2D eigenvalue weighted by molar-refractivity contribution is 7.93. The van der Waals surface area contributed by atoms with E-state index in [9.17, 15) is 17.2 Å². The van der Waals surface area contributed by atoms with Gasteiger partial charge in [0.15, 0.2) is 0 Å². The summed E-state index contributed by atoms with van der Waals surface area (Å²) in [7, 11) is -4.96. The van der Waals surface area contributed by atoms with Crippen molar-refractivity contribution in [1.82, 2.24) is 4.72 Å². The molecule has 2 N–H and O–H groups in total. The molecule has 136 valence electrons. The van der Waals surface area contributed by atoms with Crippen LogP contribution in [-0.4, -0.2) is 30.9 Å². The zero-order valence-electron chi connectivity index (χ0n) is 13.0. The summed E-state index contributed by atoms with van der Waals surface area (Å²) in [5.41, 5.74) is 0.757. The number of halogens is 2. The van der Waals surface area contributed by atoms with Gasteiger partial charge in [-0.1, -0.05) is 48.5 Å². The number of sulfone groups is 1. The first-order chi connectivity index (χ1) is 11.9. The van der Waals surface area contributed by atoms with Gasteiger partial charge in [0.05, 0.1) is 30.3 Å². The number of alkyl halides is 2. The molecule has 0 saturated carbocycles. The lowest BCUT2D eigenvalue weighted by molar-refractivity contribution is 0.00395. The third-order valence-electron chi connectivity index (χ3n) is 3.41. The molecule has 0 spiro atoms. The van der Waals surface area contributed by atoms with Crippen LogP contribution in [-0.2, 0) is 21.2 Å². The van der Waals surface area contributed by atoms with Crippen molar-refractivity contribution in [3.05, 3.63) is 66.2 Å². The summed E-state index contributed by atoms with van der Waals surface area (Å²) in [6.07, 6.45) is 0. The van der Waals surface area contributed by atoms with Gasteiger partial charge in [0.25, 0.3) is 0 Å². The van der Waals surface area contributed by atoms with Crippen LogP contribution in [0.4, 0.5) is 8.78 Å². The monoisotopic (exact) mass is 389 g/mol. The molecule has 9 heteroatoms. The first-order valence-electron chi connectivity index (χ1n) is 7.24. The third-order valence-corrected chi connectivity index (χ3v) is 5.69. The molecule has 1 unspecified atom stereocenters. The number of ether oxygens (including phenoxy) is 1. The largest absolute Gasteiger partial charge is 0.375 e. The van der Waals surface area contributed by atoms with Crippen LogP contribution in [0.3, 0.4) is 0 Å². The van der Waals surface area contributed by atoms with Crippen molar-refractivity contribution in [1.29, 1.82) is 0 Å². The lowest BCUT2D eigenvalue weighted by Gasteiger charge is -2.26. The van der Waals surface area contributed by atoms with Gasteiger partial charge in [0.2, 0.25) is 9.84 Å². The van der Waals surface area contributed by atoms with Crippen LogP contribution in [0.5, 0.6) is 0 Å². The van der Waals surface area contributed by atoms with E-state index in [4.69, 9.17) is 9.29 Å². The average Bonchev–Trinajstić information content (AvgIpc) is 2.62. The van der Waals surface area contributed by atoms with Gasteiger partial charge in [-0.15, -0.1) is 0 Å². The predicted molar refractivity (Wildman–Crippen MR) is 91.8 cm³/mol. The van der Waals surface area contributed by atoms with Gasteiger partial charge in [-0.05, 0) is 17.7 Å². The summed E-state index contributed by atoms with van der Waals surface area (Å²) in [6, 6.07) is 13.3. The Morgan fingerprint density at radius 3 is 2.20 bits per heavy atom. The second-order valence-electron chi connectivity index (χ2n) is 5.14. The highest BCUT2D eigenvalue weighted by Crippen LogP contribution is 2.33. The number of hydrogen-bond donors (Lipinski definition) is 2. The predicted octanol–water partition coefficient (Wildman–Crippen LogP) is 3.35. The van der Waals surface area contributed by atoms with E-state index in [-0.39, 0.29) is 18.8 Å². The molecule has 0 aliphatic heterocycles. The summed E-state index contributed by atoms with van der Waals surface area (Å²) in [5, 5.41) is -4.18. The third kappa shape index (κ3) is 4.77. The Kier molecular flexibility index (Phi) is 6.91. The van der Waals surface area contributed by atoms with Crippen LogP contribution < -0.4 is 4.72 Å². The Bertz CT molecular complexity index is 758. The normalized spacial score (nSPS) is 13.6. The maximum atomic E-state index is 14.6. The fourth-order valence-corrected chi connectivity index (χ4v) is 3.83. The van der Waals surface area contributed by atoms with Gasteiger partial charge in [-0.3, -0.25) is 0 Å². The molecule has 2 aromatic rings. The van der Waals surface area contributed by atoms with E-state index in [0.717, 1.165) is 17.7 Å². The molecule has 5 nitrogen and oxygen atoms in total. The highest BCUT2D eigenvalue weighted by atomic mass is 32.2. The number of benzene rings is 2. The first kappa shape index (κ1) is 19.8. The highest BCUT2D eigenvalue weighted by Gasteiger charge is 2.53. The molecule has 0 saturated heterocycles. The van der Waals surface area contributed by atoms with Gasteiger partial charge in [0.1, 0.15) is 6.04 Å². The molecule has 0 amide bonds. The Balaban J connectivity index is 2.14. The van der Waals surface area contributed by atoms with Gasteiger partial charge in [-0.25, -0.2) is 13.1 Å². The van der Waals surface area contributed by atoms with Crippen LogP contribution in [0.25, 0.3) is 0 Å². The second-order valence-corrected chi connectivity index (χ2v) is 7.58. The van der Waals surface area contributed by atoms with Crippen molar-refractivity contribution in [3.63, 3.8) is 0 Å². The first-order valence-corrected chi connectivity index (χ1v) is 9.50. The smallest absolute Gasteiger partial charge is 0.368 e. The van der Waals surface area contributed by atoms with E-state index in [1.54, 1.807) is 30.3 Å². The molecule has 0 aliphatic carbocycles. The minimum absolute atomic E-state index is 0.0383. The Morgan fingerprint density at radius 1 is 1.08 bits per heavy atom. The fraction of sp³-hybridized carbons (Fsp3) is 0.250. The molecule has 1 atom stereocenters. The number of nitrogens with one attached hydrogen (secondary N) is 1. The van der Waals surface area contributed by atoms with Crippen LogP contribution in [0.15, 0.2) is 65.6 Å². The summed E-state index contributed by atoms with van der Waals surface area (Å²) in [5.74, 6) is 0. The second kappa shape index (κ2) is 8.72. The van der Waals surface area contributed by atoms with Gasteiger partial charge in [0, 0.05) is 0 Å². The molecule has 2 aromatic carbocycles. The molecular weight excluding hydrogens is 372 g/mol. The Labute approximate surface area is 149 Å². The van der Waals surface area contributed by atoms with Crippen molar-refractivity contribution in [2.24, 2.45) is 0 Å². The van der Waals surface area contributed by atoms with Crippen LogP contribution >= 0.6 is 12.2 Å². The fourth-order valence-electron chi connectivity index (χ4n) is 2.08. The quantitative estimate of drug-likeness (QED) is 0.506.